The van der Waals surface area contributed by atoms with Crippen molar-refractivity contribution in [3.05, 3.63) is 45.5 Å². The van der Waals surface area contributed by atoms with Crippen LogP contribution in [0.1, 0.15) is 10.4 Å². The number of alkyl halides is 3. The molecule has 12 heteroatoms. The number of carbonyl (C=O) groups excluding carboxylic acids is 1. The Balaban J connectivity index is 2.22. The molecule has 0 aliphatic rings. The van der Waals surface area contributed by atoms with Gasteiger partial charge in [-0.05, 0) is 59.1 Å². The second-order valence-electron chi connectivity index (χ2n) is 5.94. The van der Waals surface area contributed by atoms with Crippen molar-refractivity contribution in [3.8, 4) is 17.2 Å². The van der Waals surface area contributed by atoms with Crippen LogP contribution in [0.2, 0.25) is 0 Å². The Morgan fingerprint density at radius 1 is 1.03 bits per heavy atom. The Bertz CT molecular complexity index is 934. The first-order valence-electron chi connectivity index (χ1n) is 8.60. The largest absolute Gasteiger partial charge is 0.493 e. The maximum Gasteiger partial charge on any atom is 0.253 e. The summed E-state index contributed by atoms with van der Waals surface area (Å²) in [5.74, 6) is 0.406. The van der Waals surface area contributed by atoms with E-state index < -0.39 is 15.9 Å². The molecule has 0 saturated carbocycles. The molecule has 2 rings (SSSR count). The van der Waals surface area contributed by atoms with Gasteiger partial charge in [0.05, 0.1) is 27.0 Å². The van der Waals surface area contributed by atoms with Crippen LogP contribution in [-0.2, 0) is 0 Å². The summed E-state index contributed by atoms with van der Waals surface area (Å²) in [6.45, 7) is 0. The van der Waals surface area contributed by atoms with Gasteiger partial charge >= 0.3 is 0 Å². The maximum atomic E-state index is 12.9. The lowest BCUT2D eigenvalue weighted by Crippen LogP contribution is -2.56. The molecule has 168 valence electrons. The molecule has 0 heterocycles. The topological polar surface area (TPSA) is 80.9 Å². The van der Waals surface area contributed by atoms with E-state index in [1.54, 1.807) is 0 Å². The number of nitrogens with one attached hydrogen (secondary N) is 3. The van der Waals surface area contributed by atoms with E-state index >= 15 is 0 Å². The number of amides is 1. The third kappa shape index (κ3) is 7.04. The highest BCUT2D eigenvalue weighted by molar-refractivity contribution is 14.1. The maximum absolute atomic E-state index is 12.9. The number of benzene rings is 2. The quantitative estimate of drug-likeness (QED) is 0.179. The Kier molecular flexibility index (Phi) is 9.56. The lowest BCUT2D eigenvalue weighted by atomic mass is 10.1. The number of para-hydroxylation sites is 1. The fraction of sp³-hybridized carbons (Fsp3) is 0.263. The van der Waals surface area contributed by atoms with Crippen molar-refractivity contribution >= 4 is 86.3 Å². The lowest BCUT2D eigenvalue weighted by Gasteiger charge is -2.28. The summed E-state index contributed by atoms with van der Waals surface area (Å²) in [7, 11) is 4.35. The van der Waals surface area contributed by atoms with Crippen LogP contribution in [0, 0.1) is 3.57 Å². The normalized spacial score (nSPS) is 11.8. The van der Waals surface area contributed by atoms with Crippen molar-refractivity contribution in [2.45, 2.75) is 9.96 Å². The lowest BCUT2D eigenvalue weighted by molar-refractivity contribution is 0.0933. The summed E-state index contributed by atoms with van der Waals surface area (Å²) in [4.78, 5) is 12.9. The van der Waals surface area contributed by atoms with E-state index in [2.05, 4.69) is 38.5 Å². The van der Waals surface area contributed by atoms with E-state index in [9.17, 15) is 4.79 Å². The average molecular weight is 619 g/mol. The van der Waals surface area contributed by atoms with Crippen LogP contribution < -0.4 is 30.2 Å². The van der Waals surface area contributed by atoms with E-state index in [1.165, 1.54) is 33.5 Å². The van der Waals surface area contributed by atoms with E-state index in [1.807, 2.05) is 24.3 Å². The predicted molar refractivity (Wildman–Crippen MR) is 136 cm³/mol. The number of halogens is 4. The summed E-state index contributed by atoms with van der Waals surface area (Å²) in [6, 6.07) is 10.5. The molecule has 0 bridgehead atoms. The van der Waals surface area contributed by atoms with Gasteiger partial charge in [0.25, 0.3) is 5.91 Å². The summed E-state index contributed by atoms with van der Waals surface area (Å²) < 4.78 is 14.8. The third-order valence-electron chi connectivity index (χ3n) is 3.93. The van der Waals surface area contributed by atoms with Crippen molar-refractivity contribution < 1.29 is 19.0 Å². The highest BCUT2D eigenvalue weighted by Crippen LogP contribution is 2.38. The van der Waals surface area contributed by atoms with E-state index in [0.717, 1.165) is 9.26 Å². The standard InChI is InChI=1S/C19H19Cl3IN3O4S/c1-28-13-8-10(9-14(29-2)15(13)30-3)16(27)25-17(19(20,21)22)26-18(31)24-12-7-5-4-6-11(12)23/h4-9,17H,1-3H3,(H,25,27)(H2,24,26,31). The molecule has 0 radical (unpaired) electrons. The van der Waals surface area contributed by atoms with E-state index in [4.69, 9.17) is 61.2 Å². The molecule has 1 amide bonds. The van der Waals surface area contributed by atoms with E-state index in [0.29, 0.717) is 17.2 Å². The molecule has 0 aromatic heterocycles. The van der Waals surface area contributed by atoms with Crippen LogP contribution in [0.4, 0.5) is 5.69 Å². The number of anilines is 1. The van der Waals surface area contributed by atoms with Gasteiger partial charge in [0.1, 0.15) is 6.17 Å². The number of methoxy groups -OCH3 is 3. The van der Waals surface area contributed by atoms with Crippen LogP contribution >= 0.6 is 69.6 Å². The minimum atomic E-state index is -1.91. The first-order chi connectivity index (χ1) is 14.6. The van der Waals surface area contributed by atoms with Crippen molar-refractivity contribution in [1.29, 1.82) is 0 Å². The fourth-order valence-electron chi connectivity index (χ4n) is 2.48. The molecule has 7 nitrogen and oxygen atoms in total. The molecule has 1 unspecified atom stereocenters. The summed E-state index contributed by atoms with van der Waals surface area (Å²) in [6.07, 6.45) is -1.15. The molecule has 0 fully saturated rings. The zero-order valence-electron chi connectivity index (χ0n) is 16.6. The van der Waals surface area contributed by atoms with Gasteiger partial charge in [-0.3, -0.25) is 4.79 Å². The molecular formula is C19H19Cl3IN3O4S. The Morgan fingerprint density at radius 2 is 1.61 bits per heavy atom. The molecule has 1 atom stereocenters. The minimum Gasteiger partial charge on any atom is -0.493 e. The van der Waals surface area contributed by atoms with Crippen LogP contribution in [0.25, 0.3) is 0 Å². The SMILES string of the molecule is COc1cc(C(=O)NC(NC(=S)Nc2ccccc2I)C(Cl)(Cl)Cl)cc(OC)c1OC. The van der Waals surface area contributed by atoms with Gasteiger partial charge < -0.3 is 30.2 Å². The summed E-state index contributed by atoms with van der Waals surface area (Å²) in [5, 5.41) is 8.60. The van der Waals surface area contributed by atoms with Gasteiger partial charge in [0.2, 0.25) is 9.54 Å². The average Bonchev–Trinajstić information content (AvgIpc) is 2.72. The van der Waals surface area contributed by atoms with Gasteiger partial charge in [-0.25, -0.2) is 0 Å². The Labute approximate surface area is 214 Å². The Morgan fingerprint density at radius 3 is 2.10 bits per heavy atom. The molecule has 0 aliphatic carbocycles. The number of ether oxygens (including phenoxy) is 3. The molecule has 3 N–H and O–H groups in total. The van der Waals surface area contributed by atoms with Crippen LogP contribution in [0.3, 0.4) is 0 Å². The second-order valence-corrected chi connectivity index (χ2v) is 9.88. The summed E-state index contributed by atoms with van der Waals surface area (Å²) >= 11 is 25.7. The van der Waals surface area contributed by atoms with Gasteiger partial charge in [0.15, 0.2) is 16.6 Å². The molecule has 0 saturated heterocycles. The number of carbonyl (C=O) groups is 1. The van der Waals surface area contributed by atoms with Crippen molar-refractivity contribution in [1.82, 2.24) is 10.6 Å². The molecule has 31 heavy (non-hydrogen) atoms. The number of hydrogen-bond acceptors (Lipinski definition) is 5. The summed E-state index contributed by atoms with van der Waals surface area (Å²) in [5.41, 5.74) is 0.964. The Hall–Kier alpha value is -1.40. The van der Waals surface area contributed by atoms with Crippen LogP contribution in [0.15, 0.2) is 36.4 Å². The molecular weight excluding hydrogens is 600 g/mol. The van der Waals surface area contributed by atoms with Gasteiger partial charge in [-0.1, -0.05) is 46.9 Å². The van der Waals surface area contributed by atoms with E-state index in [-0.39, 0.29) is 10.7 Å². The fourth-order valence-corrected chi connectivity index (χ4v) is 3.56. The van der Waals surface area contributed by atoms with Crippen molar-refractivity contribution in [2.75, 3.05) is 26.6 Å². The smallest absolute Gasteiger partial charge is 0.253 e. The zero-order chi connectivity index (χ0) is 23.2. The molecule has 2 aromatic carbocycles. The van der Waals surface area contributed by atoms with Crippen molar-refractivity contribution in [3.63, 3.8) is 0 Å². The monoisotopic (exact) mass is 617 g/mol. The number of rotatable bonds is 7. The zero-order valence-corrected chi connectivity index (χ0v) is 21.8. The second kappa shape index (κ2) is 11.5. The molecule has 2 aromatic rings. The highest BCUT2D eigenvalue weighted by Gasteiger charge is 2.35. The molecule has 0 aliphatic heterocycles. The predicted octanol–water partition coefficient (Wildman–Crippen LogP) is 4.73. The number of thiocarbonyl (C=S) groups is 1. The first kappa shape index (κ1) is 25.9. The van der Waals surface area contributed by atoms with Gasteiger partial charge in [0, 0.05) is 9.13 Å². The van der Waals surface area contributed by atoms with Gasteiger partial charge in [-0.2, -0.15) is 0 Å². The van der Waals surface area contributed by atoms with Gasteiger partial charge in [-0.15, -0.1) is 0 Å². The van der Waals surface area contributed by atoms with Crippen molar-refractivity contribution in [2.24, 2.45) is 0 Å². The minimum absolute atomic E-state index is 0.158. The third-order valence-corrected chi connectivity index (χ3v) is 5.74. The number of hydrogen-bond donors (Lipinski definition) is 3. The first-order valence-corrected chi connectivity index (χ1v) is 11.2. The molecule has 0 spiro atoms. The van der Waals surface area contributed by atoms with Crippen LogP contribution in [-0.4, -0.2) is 42.3 Å². The highest BCUT2D eigenvalue weighted by atomic mass is 127. The van der Waals surface area contributed by atoms with Crippen LogP contribution in [0.5, 0.6) is 17.2 Å².